The maximum absolute atomic E-state index is 13.6. The zero-order chi connectivity index (χ0) is 16.2. The highest BCUT2D eigenvalue weighted by Gasteiger charge is 2.27. The molecule has 0 saturated carbocycles. The second-order valence-electron chi connectivity index (χ2n) is 4.48. The summed E-state index contributed by atoms with van der Waals surface area (Å²) in [6.07, 6.45) is 0.0934. The lowest BCUT2D eigenvalue weighted by Gasteiger charge is -2.23. The average Bonchev–Trinajstić information content (AvgIpc) is 2.45. The van der Waals surface area contributed by atoms with Crippen LogP contribution in [-0.4, -0.2) is 35.9 Å². The Morgan fingerprint density at radius 2 is 2.24 bits per heavy atom. The Morgan fingerprint density at radius 3 is 2.71 bits per heavy atom. The van der Waals surface area contributed by atoms with Gasteiger partial charge >= 0.3 is 0 Å². The summed E-state index contributed by atoms with van der Waals surface area (Å²) in [4.78, 5) is 23.7. The maximum Gasteiger partial charge on any atom is 0.285 e. The lowest BCUT2D eigenvalue weighted by atomic mass is 10.1. The van der Waals surface area contributed by atoms with Gasteiger partial charge in [-0.1, -0.05) is 0 Å². The van der Waals surface area contributed by atoms with E-state index in [1.54, 1.807) is 6.92 Å². The molecule has 0 fully saturated rings. The molecule has 1 aromatic carbocycles. The summed E-state index contributed by atoms with van der Waals surface area (Å²) in [5, 5.41) is 22.2. The highest BCUT2D eigenvalue weighted by molar-refractivity contribution is 5.99. The molecule has 7 nitrogen and oxygen atoms in total. The van der Waals surface area contributed by atoms with Gasteiger partial charge in [0, 0.05) is 20.1 Å². The molecule has 0 spiro atoms. The topological polar surface area (TPSA) is 99.3 Å². The molecule has 1 amide bonds. The van der Waals surface area contributed by atoms with Crippen LogP contribution in [-0.2, 0) is 0 Å². The van der Waals surface area contributed by atoms with Crippen LogP contribution < -0.4 is 5.32 Å². The third-order valence-corrected chi connectivity index (χ3v) is 3.15. The molecular weight excluding hydrogens is 279 g/mol. The lowest BCUT2D eigenvalue weighted by Crippen LogP contribution is -2.35. The van der Waals surface area contributed by atoms with Crippen molar-refractivity contribution >= 4 is 17.3 Å². The molecule has 0 heterocycles. The van der Waals surface area contributed by atoms with Crippen molar-refractivity contribution < 1.29 is 14.1 Å². The van der Waals surface area contributed by atoms with Gasteiger partial charge in [0.1, 0.15) is 5.56 Å². The summed E-state index contributed by atoms with van der Waals surface area (Å²) in [5.41, 5.74) is -0.837. The van der Waals surface area contributed by atoms with Gasteiger partial charge in [-0.15, -0.1) is 0 Å². The number of nitrogens with one attached hydrogen (secondary N) is 1. The van der Waals surface area contributed by atoms with Crippen molar-refractivity contribution in [1.82, 2.24) is 4.90 Å². The molecule has 0 aliphatic carbocycles. The second kappa shape index (κ2) is 6.65. The van der Waals surface area contributed by atoms with E-state index in [1.807, 2.05) is 6.07 Å². The number of nitro benzene ring substituents is 1. The molecule has 0 bridgehead atoms. The fraction of sp³-hybridized carbons (Fsp3) is 0.385. The number of halogens is 1. The second-order valence-corrected chi connectivity index (χ2v) is 4.48. The van der Waals surface area contributed by atoms with Crippen molar-refractivity contribution in [2.24, 2.45) is 0 Å². The number of anilines is 1. The molecule has 0 aliphatic rings. The van der Waals surface area contributed by atoms with E-state index in [0.29, 0.717) is 6.07 Å². The molecule has 1 aromatic rings. The van der Waals surface area contributed by atoms with Crippen LogP contribution in [0.5, 0.6) is 0 Å². The average molecular weight is 294 g/mol. The zero-order valence-electron chi connectivity index (χ0n) is 11.9. The van der Waals surface area contributed by atoms with E-state index in [9.17, 15) is 19.3 Å². The highest BCUT2D eigenvalue weighted by atomic mass is 19.1. The molecular formula is C13H15FN4O3. The van der Waals surface area contributed by atoms with Crippen LogP contribution in [0, 0.1) is 27.3 Å². The number of carbonyl (C=O) groups is 1. The summed E-state index contributed by atoms with van der Waals surface area (Å²) in [7, 11) is 2.89. The molecule has 1 N–H and O–H groups in total. The van der Waals surface area contributed by atoms with Crippen molar-refractivity contribution in [2.45, 2.75) is 19.4 Å². The van der Waals surface area contributed by atoms with E-state index in [0.717, 1.165) is 6.07 Å². The number of nitro groups is 1. The number of nitrogens with zero attached hydrogens (tertiary/aromatic N) is 3. The maximum atomic E-state index is 13.6. The van der Waals surface area contributed by atoms with Gasteiger partial charge in [-0.25, -0.2) is 4.39 Å². The van der Waals surface area contributed by atoms with Crippen LogP contribution in [0.3, 0.4) is 0 Å². The highest BCUT2D eigenvalue weighted by Crippen LogP contribution is 2.27. The predicted octanol–water partition coefficient (Wildman–Crippen LogP) is 2.15. The standard InChI is InChI=1S/C13H15FN4O3/c1-8(4-5-15)17(3)13(19)9-6-11(16-2)10(14)7-12(9)18(20)21/h6-8,16H,4H2,1-3H3. The van der Waals surface area contributed by atoms with E-state index in [-0.39, 0.29) is 17.7 Å². The zero-order valence-corrected chi connectivity index (χ0v) is 11.9. The first-order chi connectivity index (χ1) is 9.83. The van der Waals surface area contributed by atoms with Crippen molar-refractivity contribution in [3.05, 3.63) is 33.6 Å². The Bertz CT molecular complexity index is 612. The van der Waals surface area contributed by atoms with Gasteiger partial charge in [0.15, 0.2) is 5.82 Å². The molecule has 8 heteroatoms. The predicted molar refractivity (Wildman–Crippen MR) is 74.4 cm³/mol. The summed E-state index contributed by atoms with van der Waals surface area (Å²) in [5.74, 6) is -1.45. The summed E-state index contributed by atoms with van der Waals surface area (Å²) in [6.45, 7) is 1.65. The van der Waals surface area contributed by atoms with Gasteiger partial charge in [-0.2, -0.15) is 5.26 Å². The number of hydrogen-bond donors (Lipinski definition) is 1. The Morgan fingerprint density at radius 1 is 1.62 bits per heavy atom. The van der Waals surface area contributed by atoms with Gasteiger partial charge in [-0.3, -0.25) is 14.9 Å². The van der Waals surface area contributed by atoms with Crippen LogP contribution in [0.4, 0.5) is 15.8 Å². The molecule has 0 aliphatic heterocycles. The first kappa shape index (κ1) is 16.4. The van der Waals surface area contributed by atoms with E-state index in [2.05, 4.69) is 5.32 Å². The van der Waals surface area contributed by atoms with E-state index in [4.69, 9.17) is 5.26 Å². The minimum atomic E-state index is -0.812. The Labute approximate surface area is 121 Å². The number of rotatable bonds is 5. The van der Waals surface area contributed by atoms with Gasteiger partial charge in [0.2, 0.25) is 0 Å². The van der Waals surface area contributed by atoms with Crippen molar-refractivity contribution in [3.63, 3.8) is 0 Å². The molecule has 0 saturated heterocycles. The van der Waals surface area contributed by atoms with Crippen LogP contribution in [0.15, 0.2) is 12.1 Å². The molecule has 21 heavy (non-hydrogen) atoms. The normalized spacial score (nSPS) is 11.4. The fourth-order valence-corrected chi connectivity index (χ4v) is 1.74. The third-order valence-electron chi connectivity index (χ3n) is 3.15. The van der Waals surface area contributed by atoms with Crippen LogP contribution in [0.1, 0.15) is 23.7 Å². The number of carbonyl (C=O) groups excluding carboxylic acids is 1. The summed E-state index contributed by atoms with van der Waals surface area (Å²) >= 11 is 0. The number of amides is 1. The van der Waals surface area contributed by atoms with Gasteiger partial charge < -0.3 is 10.2 Å². The largest absolute Gasteiger partial charge is 0.386 e. The Hall–Kier alpha value is -2.69. The van der Waals surface area contributed by atoms with E-state index < -0.39 is 28.4 Å². The number of nitriles is 1. The van der Waals surface area contributed by atoms with Crippen LogP contribution >= 0.6 is 0 Å². The van der Waals surface area contributed by atoms with Crippen molar-refractivity contribution in [1.29, 1.82) is 5.26 Å². The monoisotopic (exact) mass is 294 g/mol. The molecule has 112 valence electrons. The summed E-state index contributed by atoms with van der Waals surface area (Å²) in [6, 6.07) is 3.32. The van der Waals surface area contributed by atoms with Crippen LogP contribution in [0.25, 0.3) is 0 Å². The van der Waals surface area contributed by atoms with Gasteiger partial charge in [0.05, 0.1) is 29.2 Å². The first-order valence-corrected chi connectivity index (χ1v) is 6.13. The minimum absolute atomic E-state index is 0.00899. The fourth-order valence-electron chi connectivity index (χ4n) is 1.74. The van der Waals surface area contributed by atoms with Crippen LogP contribution in [0.2, 0.25) is 0 Å². The first-order valence-electron chi connectivity index (χ1n) is 6.13. The number of benzene rings is 1. The number of hydrogen-bond acceptors (Lipinski definition) is 5. The van der Waals surface area contributed by atoms with Gasteiger partial charge in [-0.05, 0) is 13.0 Å². The minimum Gasteiger partial charge on any atom is -0.386 e. The summed E-state index contributed by atoms with van der Waals surface area (Å²) < 4.78 is 13.6. The molecule has 1 unspecified atom stereocenters. The molecule has 0 aromatic heterocycles. The third kappa shape index (κ3) is 3.45. The lowest BCUT2D eigenvalue weighted by molar-refractivity contribution is -0.385. The molecule has 1 atom stereocenters. The van der Waals surface area contributed by atoms with Crippen molar-refractivity contribution in [2.75, 3.05) is 19.4 Å². The van der Waals surface area contributed by atoms with Gasteiger partial charge in [0.25, 0.3) is 11.6 Å². The SMILES string of the molecule is CNc1cc(C(=O)N(C)C(C)CC#N)c([N+](=O)[O-])cc1F. The molecule has 1 rings (SSSR count). The Balaban J connectivity index is 3.30. The smallest absolute Gasteiger partial charge is 0.285 e. The van der Waals surface area contributed by atoms with Crippen molar-refractivity contribution in [3.8, 4) is 6.07 Å². The van der Waals surface area contributed by atoms with E-state index in [1.165, 1.54) is 19.0 Å². The quantitative estimate of drug-likeness (QED) is 0.662. The molecule has 0 radical (unpaired) electrons. The van der Waals surface area contributed by atoms with E-state index >= 15 is 0 Å². The Kier molecular flexibility index (Phi) is 5.18.